The topological polar surface area (TPSA) is 95.5 Å². The summed E-state index contributed by atoms with van der Waals surface area (Å²) >= 11 is 1.02. The minimum absolute atomic E-state index is 0.428. The zero-order chi connectivity index (χ0) is 12.7. The molecule has 0 aliphatic heterocycles. The van der Waals surface area contributed by atoms with Crippen molar-refractivity contribution in [3.05, 3.63) is 0 Å². The number of carboxylic acid groups (broad SMARTS) is 1. The molecule has 0 aromatic heterocycles. The van der Waals surface area contributed by atoms with Gasteiger partial charge in [0.05, 0.1) is 5.25 Å². The Hall–Kier alpha value is -1.24. The van der Waals surface area contributed by atoms with Gasteiger partial charge >= 0.3 is 12.0 Å². The number of imide groups is 1. The van der Waals surface area contributed by atoms with Gasteiger partial charge in [0.15, 0.2) is 0 Å². The molecule has 0 aromatic carbocycles. The van der Waals surface area contributed by atoms with Gasteiger partial charge in [-0.05, 0) is 13.3 Å². The van der Waals surface area contributed by atoms with E-state index >= 15 is 0 Å². The molecule has 7 heteroatoms. The molecular weight excluding hydrogens is 232 g/mol. The molecule has 3 amide bonds. The molecule has 0 saturated heterocycles. The summed E-state index contributed by atoms with van der Waals surface area (Å²) in [5, 5.41) is 11.9. The van der Waals surface area contributed by atoms with Crippen LogP contribution in [0.3, 0.4) is 0 Å². The quantitative estimate of drug-likeness (QED) is 0.655. The van der Waals surface area contributed by atoms with Gasteiger partial charge in [-0.2, -0.15) is 0 Å². The maximum Gasteiger partial charge on any atom is 0.321 e. The third-order valence-electron chi connectivity index (χ3n) is 1.85. The smallest absolute Gasteiger partial charge is 0.321 e. The van der Waals surface area contributed by atoms with Crippen LogP contribution in [0, 0.1) is 0 Å². The second kappa shape index (κ2) is 7.10. The highest BCUT2D eigenvalue weighted by Gasteiger charge is 2.23. The Balaban J connectivity index is 4.23. The Morgan fingerprint density at radius 2 is 1.94 bits per heavy atom. The van der Waals surface area contributed by atoms with Crippen molar-refractivity contribution in [3.8, 4) is 0 Å². The van der Waals surface area contributed by atoms with Crippen molar-refractivity contribution in [1.82, 2.24) is 10.6 Å². The van der Waals surface area contributed by atoms with E-state index < -0.39 is 28.4 Å². The molecule has 0 radical (unpaired) electrons. The number of hydrogen-bond acceptors (Lipinski definition) is 4. The van der Waals surface area contributed by atoms with Gasteiger partial charge in [0.25, 0.3) is 0 Å². The summed E-state index contributed by atoms with van der Waals surface area (Å²) in [5.74, 6) is -1.45. The van der Waals surface area contributed by atoms with Crippen molar-refractivity contribution in [2.75, 3.05) is 7.05 Å². The summed E-state index contributed by atoms with van der Waals surface area (Å²) < 4.78 is 0. The van der Waals surface area contributed by atoms with Crippen LogP contribution in [0.25, 0.3) is 0 Å². The van der Waals surface area contributed by atoms with Crippen LogP contribution >= 0.6 is 11.8 Å². The Morgan fingerprint density at radius 1 is 1.38 bits per heavy atom. The first kappa shape index (κ1) is 14.8. The van der Waals surface area contributed by atoms with Crippen LogP contribution in [0.4, 0.5) is 4.79 Å². The number of rotatable bonds is 5. The number of carboxylic acids is 1. The normalized spacial score (nSPS) is 13.7. The average molecular weight is 248 g/mol. The number of thioether (sulfide) groups is 1. The molecular formula is C9H16N2O4S. The Labute approximate surface area is 98.2 Å². The van der Waals surface area contributed by atoms with Gasteiger partial charge in [-0.3, -0.25) is 14.9 Å². The van der Waals surface area contributed by atoms with Gasteiger partial charge in [0.2, 0.25) is 5.91 Å². The summed E-state index contributed by atoms with van der Waals surface area (Å²) in [4.78, 5) is 33.0. The number of carbonyl (C=O) groups is 3. The zero-order valence-corrected chi connectivity index (χ0v) is 10.3. The highest BCUT2D eigenvalue weighted by Crippen LogP contribution is 2.20. The minimum atomic E-state index is -0.952. The molecule has 0 aliphatic carbocycles. The Morgan fingerprint density at radius 3 is 2.31 bits per heavy atom. The third kappa shape index (κ3) is 5.01. The first-order valence-electron chi connectivity index (χ1n) is 4.83. The Kier molecular flexibility index (Phi) is 6.55. The number of aliphatic carboxylic acids is 1. The molecule has 0 aliphatic rings. The second-order valence-electron chi connectivity index (χ2n) is 3.08. The summed E-state index contributed by atoms with van der Waals surface area (Å²) in [6.07, 6.45) is 0.428. The zero-order valence-electron chi connectivity index (χ0n) is 9.44. The molecule has 6 nitrogen and oxygen atoms in total. The molecule has 0 rings (SSSR count). The molecule has 2 atom stereocenters. The van der Waals surface area contributed by atoms with E-state index in [1.165, 1.54) is 7.05 Å². The first-order chi connectivity index (χ1) is 7.42. The SMILES string of the molecule is CCC(SC(C)C(=O)NC(=O)NC)C(=O)O. The molecule has 92 valence electrons. The van der Waals surface area contributed by atoms with Crippen molar-refractivity contribution in [3.63, 3.8) is 0 Å². The largest absolute Gasteiger partial charge is 0.480 e. The van der Waals surface area contributed by atoms with Crippen LogP contribution in [-0.2, 0) is 9.59 Å². The third-order valence-corrected chi connectivity index (χ3v) is 3.33. The maximum absolute atomic E-state index is 11.4. The molecule has 0 aromatic rings. The number of nitrogens with one attached hydrogen (secondary N) is 2. The van der Waals surface area contributed by atoms with Crippen LogP contribution in [0.15, 0.2) is 0 Å². The van der Waals surface area contributed by atoms with Crippen LogP contribution in [0.2, 0.25) is 0 Å². The highest BCUT2D eigenvalue weighted by molar-refractivity contribution is 8.01. The lowest BCUT2D eigenvalue weighted by atomic mass is 10.3. The predicted molar refractivity (Wildman–Crippen MR) is 61.4 cm³/mol. The molecule has 0 bridgehead atoms. The van der Waals surface area contributed by atoms with Crippen molar-refractivity contribution >= 4 is 29.7 Å². The van der Waals surface area contributed by atoms with E-state index in [4.69, 9.17) is 5.11 Å². The standard InChI is InChI=1S/C9H16N2O4S/c1-4-6(8(13)14)16-5(2)7(12)11-9(15)10-3/h5-6H,4H2,1-3H3,(H,13,14)(H2,10,11,12,15). The molecule has 0 heterocycles. The number of amides is 3. The van der Waals surface area contributed by atoms with Gasteiger partial charge in [-0.1, -0.05) is 6.92 Å². The lowest BCUT2D eigenvalue weighted by Gasteiger charge is -2.15. The molecule has 3 N–H and O–H groups in total. The van der Waals surface area contributed by atoms with Gasteiger partial charge < -0.3 is 10.4 Å². The molecule has 16 heavy (non-hydrogen) atoms. The van der Waals surface area contributed by atoms with Crippen molar-refractivity contribution in [2.45, 2.75) is 30.8 Å². The van der Waals surface area contributed by atoms with Gasteiger partial charge in [-0.25, -0.2) is 4.79 Å². The average Bonchev–Trinajstić information content (AvgIpc) is 2.24. The van der Waals surface area contributed by atoms with E-state index in [0.717, 1.165) is 11.8 Å². The second-order valence-corrected chi connectivity index (χ2v) is 4.63. The number of urea groups is 1. The number of hydrogen-bond donors (Lipinski definition) is 3. The fourth-order valence-corrected chi connectivity index (χ4v) is 1.90. The Bertz CT molecular complexity index is 283. The monoisotopic (exact) mass is 248 g/mol. The van der Waals surface area contributed by atoms with Crippen molar-refractivity contribution in [2.24, 2.45) is 0 Å². The molecule has 0 spiro atoms. The van der Waals surface area contributed by atoms with Gasteiger partial charge in [0, 0.05) is 7.05 Å². The van der Waals surface area contributed by atoms with E-state index in [1.54, 1.807) is 13.8 Å². The van der Waals surface area contributed by atoms with E-state index in [0.29, 0.717) is 6.42 Å². The van der Waals surface area contributed by atoms with Gasteiger partial charge in [-0.15, -0.1) is 11.8 Å². The summed E-state index contributed by atoms with van der Waals surface area (Å²) in [7, 11) is 1.40. The fraction of sp³-hybridized carbons (Fsp3) is 0.667. The van der Waals surface area contributed by atoms with E-state index in [2.05, 4.69) is 10.6 Å². The first-order valence-corrected chi connectivity index (χ1v) is 5.77. The summed E-state index contributed by atoms with van der Waals surface area (Å²) in [5.41, 5.74) is 0. The molecule has 2 unspecified atom stereocenters. The van der Waals surface area contributed by atoms with Crippen LogP contribution in [-0.4, -0.2) is 40.6 Å². The highest BCUT2D eigenvalue weighted by atomic mass is 32.2. The van der Waals surface area contributed by atoms with Crippen LogP contribution < -0.4 is 10.6 Å². The van der Waals surface area contributed by atoms with Crippen LogP contribution in [0.1, 0.15) is 20.3 Å². The lowest BCUT2D eigenvalue weighted by Crippen LogP contribution is -2.42. The maximum atomic E-state index is 11.4. The number of carbonyl (C=O) groups excluding carboxylic acids is 2. The lowest BCUT2D eigenvalue weighted by molar-refractivity contribution is -0.136. The molecule has 0 saturated carbocycles. The summed E-state index contributed by atoms with van der Waals surface area (Å²) in [6.45, 7) is 3.30. The van der Waals surface area contributed by atoms with Crippen molar-refractivity contribution in [1.29, 1.82) is 0 Å². The summed E-state index contributed by atoms with van der Waals surface area (Å²) in [6, 6.07) is -0.596. The minimum Gasteiger partial charge on any atom is -0.480 e. The molecule has 0 fully saturated rings. The van der Waals surface area contributed by atoms with E-state index in [9.17, 15) is 14.4 Å². The van der Waals surface area contributed by atoms with E-state index in [-0.39, 0.29) is 0 Å². The predicted octanol–water partition coefficient (Wildman–Crippen LogP) is 0.427. The van der Waals surface area contributed by atoms with Crippen molar-refractivity contribution < 1.29 is 19.5 Å². The fourth-order valence-electron chi connectivity index (χ4n) is 0.913. The van der Waals surface area contributed by atoms with Crippen LogP contribution in [0.5, 0.6) is 0 Å². The van der Waals surface area contributed by atoms with Gasteiger partial charge in [0.1, 0.15) is 5.25 Å². The van der Waals surface area contributed by atoms with E-state index in [1.807, 2.05) is 0 Å².